The van der Waals surface area contributed by atoms with Crippen LogP contribution in [0.5, 0.6) is 0 Å². The van der Waals surface area contributed by atoms with Gasteiger partial charge in [0.05, 0.1) is 11.5 Å². The fourth-order valence-corrected chi connectivity index (χ4v) is 3.48. The van der Waals surface area contributed by atoms with E-state index in [1.54, 1.807) is 0 Å². The van der Waals surface area contributed by atoms with Crippen LogP contribution in [0.3, 0.4) is 0 Å². The molecule has 3 rings (SSSR count). The summed E-state index contributed by atoms with van der Waals surface area (Å²) in [7, 11) is 0. The standard InChI is InChI=1S/C19H17IN2O/c20-16-7-3-14(4-8-16)18(23)22-17-9-5-15(6-10-17)19(13-21)11-1-2-12-19/h3-10H,1-2,11-12H2,(H,22,23). The molecule has 0 spiro atoms. The number of hydrogen-bond donors (Lipinski definition) is 1. The Balaban J connectivity index is 1.74. The zero-order chi connectivity index (χ0) is 16.3. The van der Waals surface area contributed by atoms with Gasteiger partial charge < -0.3 is 5.32 Å². The van der Waals surface area contributed by atoms with Crippen LogP contribution in [0.1, 0.15) is 41.6 Å². The van der Waals surface area contributed by atoms with E-state index in [9.17, 15) is 10.1 Å². The number of benzene rings is 2. The third-order valence-corrected chi connectivity index (χ3v) is 5.19. The minimum atomic E-state index is -0.335. The van der Waals surface area contributed by atoms with Crippen molar-refractivity contribution in [2.45, 2.75) is 31.1 Å². The molecule has 0 aliphatic heterocycles. The highest BCUT2D eigenvalue weighted by Crippen LogP contribution is 2.40. The Morgan fingerprint density at radius 3 is 2.22 bits per heavy atom. The van der Waals surface area contributed by atoms with Crippen molar-refractivity contribution in [1.29, 1.82) is 5.26 Å². The smallest absolute Gasteiger partial charge is 0.255 e. The SMILES string of the molecule is N#CC1(c2ccc(NC(=O)c3ccc(I)cc3)cc2)CCCC1. The van der Waals surface area contributed by atoms with Crippen molar-refractivity contribution >= 4 is 34.2 Å². The van der Waals surface area contributed by atoms with Gasteiger partial charge in [0.1, 0.15) is 0 Å². The molecule has 2 aromatic rings. The number of nitrogens with zero attached hydrogens (tertiary/aromatic N) is 1. The van der Waals surface area contributed by atoms with Crippen molar-refractivity contribution in [1.82, 2.24) is 0 Å². The fourth-order valence-electron chi connectivity index (χ4n) is 3.12. The summed E-state index contributed by atoms with van der Waals surface area (Å²) in [4.78, 5) is 12.2. The summed E-state index contributed by atoms with van der Waals surface area (Å²) in [5.74, 6) is -0.120. The van der Waals surface area contributed by atoms with Gasteiger partial charge in [0.2, 0.25) is 0 Å². The van der Waals surface area contributed by atoms with Crippen molar-refractivity contribution in [3.05, 3.63) is 63.2 Å². The first-order chi connectivity index (χ1) is 11.1. The van der Waals surface area contributed by atoms with Gasteiger partial charge in [0.25, 0.3) is 5.91 Å². The molecule has 0 unspecified atom stereocenters. The molecule has 0 radical (unpaired) electrons. The quantitative estimate of drug-likeness (QED) is 0.726. The number of rotatable bonds is 3. The predicted octanol–water partition coefficient (Wildman–Crippen LogP) is 4.88. The van der Waals surface area contributed by atoms with Gasteiger partial charge in [-0.2, -0.15) is 5.26 Å². The minimum absolute atomic E-state index is 0.120. The number of hydrogen-bond acceptors (Lipinski definition) is 2. The molecular formula is C19H17IN2O. The molecule has 1 N–H and O–H groups in total. The molecular weight excluding hydrogens is 399 g/mol. The van der Waals surface area contributed by atoms with Crippen molar-refractivity contribution in [2.24, 2.45) is 0 Å². The molecule has 1 saturated carbocycles. The molecule has 0 atom stereocenters. The highest BCUT2D eigenvalue weighted by Gasteiger charge is 2.35. The largest absolute Gasteiger partial charge is 0.322 e. The summed E-state index contributed by atoms with van der Waals surface area (Å²) in [5, 5.41) is 12.4. The lowest BCUT2D eigenvalue weighted by Gasteiger charge is -2.20. The summed E-state index contributed by atoms with van der Waals surface area (Å²) in [6.45, 7) is 0. The highest BCUT2D eigenvalue weighted by atomic mass is 127. The minimum Gasteiger partial charge on any atom is -0.322 e. The molecule has 3 nitrogen and oxygen atoms in total. The maximum absolute atomic E-state index is 12.2. The summed E-state index contributed by atoms with van der Waals surface area (Å²) in [6.07, 6.45) is 4.08. The van der Waals surface area contributed by atoms with Crippen molar-refractivity contribution < 1.29 is 4.79 Å². The number of carbonyl (C=O) groups excluding carboxylic acids is 1. The Morgan fingerprint density at radius 2 is 1.65 bits per heavy atom. The molecule has 0 saturated heterocycles. The first-order valence-electron chi connectivity index (χ1n) is 7.72. The first-order valence-corrected chi connectivity index (χ1v) is 8.80. The van der Waals surface area contributed by atoms with Crippen LogP contribution >= 0.6 is 22.6 Å². The number of carbonyl (C=O) groups is 1. The lowest BCUT2D eigenvalue weighted by molar-refractivity contribution is 0.102. The van der Waals surface area contributed by atoms with Gasteiger partial charge >= 0.3 is 0 Å². The van der Waals surface area contributed by atoms with E-state index in [2.05, 4.69) is 34.0 Å². The molecule has 0 aromatic heterocycles. The molecule has 0 bridgehead atoms. The topological polar surface area (TPSA) is 52.9 Å². The van der Waals surface area contributed by atoms with Crippen LogP contribution in [-0.2, 0) is 5.41 Å². The van der Waals surface area contributed by atoms with Crippen molar-refractivity contribution in [2.75, 3.05) is 5.32 Å². The number of anilines is 1. The molecule has 2 aromatic carbocycles. The van der Waals surface area contributed by atoms with E-state index in [1.165, 1.54) is 0 Å². The highest BCUT2D eigenvalue weighted by molar-refractivity contribution is 14.1. The van der Waals surface area contributed by atoms with Gasteiger partial charge in [-0.1, -0.05) is 25.0 Å². The summed E-state index contributed by atoms with van der Waals surface area (Å²) < 4.78 is 1.10. The predicted molar refractivity (Wildman–Crippen MR) is 99.3 cm³/mol. The molecule has 0 heterocycles. The molecule has 4 heteroatoms. The van der Waals surface area contributed by atoms with Crippen LogP contribution < -0.4 is 5.32 Å². The van der Waals surface area contributed by atoms with Gasteiger partial charge in [-0.15, -0.1) is 0 Å². The van der Waals surface area contributed by atoms with E-state index in [1.807, 2.05) is 48.5 Å². The molecule has 23 heavy (non-hydrogen) atoms. The first kappa shape index (κ1) is 16.0. The number of nitrogens with one attached hydrogen (secondary N) is 1. The lowest BCUT2D eigenvalue weighted by atomic mass is 9.80. The Labute approximate surface area is 149 Å². The van der Waals surface area contributed by atoms with E-state index in [-0.39, 0.29) is 11.3 Å². The van der Waals surface area contributed by atoms with Crippen LogP contribution in [0.15, 0.2) is 48.5 Å². The van der Waals surface area contributed by atoms with E-state index >= 15 is 0 Å². The van der Waals surface area contributed by atoms with Crippen LogP contribution in [-0.4, -0.2) is 5.91 Å². The Hall–Kier alpha value is -1.87. The monoisotopic (exact) mass is 416 g/mol. The van der Waals surface area contributed by atoms with E-state index in [4.69, 9.17) is 0 Å². The van der Waals surface area contributed by atoms with Crippen LogP contribution in [0.2, 0.25) is 0 Å². The Morgan fingerprint density at radius 1 is 1.04 bits per heavy atom. The normalized spacial score (nSPS) is 15.8. The second-order valence-corrected chi connectivity index (χ2v) is 7.19. The van der Waals surface area contributed by atoms with Gasteiger partial charge in [-0.3, -0.25) is 4.79 Å². The average Bonchev–Trinajstić information content (AvgIpc) is 3.06. The van der Waals surface area contributed by atoms with Crippen LogP contribution in [0.4, 0.5) is 5.69 Å². The Bertz CT molecular complexity index is 738. The summed E-state index contributed by atoms with van der Waals surface area (Å²) >= 11 is 2.21. The van der Waals surface area contributed by atoms with Gasteiger partial charge in [-0.25, -0.2) is 0 Å². The van der Waals surface area contributed by atoms with E-state index in [0.717, 1.165) is 40.5 Å². The number of nitriles is 1. The summed E-state index contributed by atoms with van der Waals surface area (Å²) in [5.41, 5.74) is 2.12. The van der Waals surface area contributed by atoms with Crippen molar-refractivity contribution in [3.8, 4) is 6.07 Å². The Kier molecular flexibility index (Phi) is 4.67. The number of amides is 1. The molecule has 116 valence electrons. The zero-order valence-corrected chi connectivity index (χ0v) is 14.8. The maximum Gasteiger partial charge on any atom is 0.255 e. The third-order valence-electron chi connectivity index (χ3n) is 4.47. The van der Waals surface area contributed by atoms with Crippen molar-refractivity contribution in [3.63, 3.8) is 0 Å². The third kappa shape index (κ3) is 3.40. The second-order valence-electron chi connectivity index (χ2n) is 5.94. The van der Waals surface area contributed by atoms with Crippen LogP contribution in [0.25, 0.3) is 0 Å². The van der Waals surface area contributed by atoms with Gasteiger partial charge in [0, 0.05) is 14.8 Å². The maximum atomic E-state index is 12.2. The summed E-state index contributed by atoms with van der Waals surface area (Å²) in [6, 6.07) is 17.7. The number of halogens is 1. The fraction of sp³-hybridized carbons (Fsp3) is 0.263. The average molecular weight is 416 g/mol. The van der Waals surface area contributed by atoms with Gasteiger partial charge in [0.15, 0.2) is 0 Å². The van der Waals surface area contributed by atoms with Gasteiger partial charge in [-0.05, 0) is 77.4 Å². The van der Waals surface area contributed by atoms with Crippen LogP contribution in [0, 0.1) is 14.9 Å². The zero-order valence-electron chi connectivity index (χ0n) is 12.7. The molecule has 1 aliphatic carbocycles. The van der Waals surface area contributed by atoms with E-state index in [0.29, 0.717) is 5.56 Å². The van der Waals surface area contributed by atoms with E-state index < -0.39 is 0 Å². The molecule has 1 fully saturated rings. The second kappa shape index (κ2) is 6.71. The molecule has 1 amide bonds. The lowest BCUT2D eigenvalue weighted by Crippen LogP contribution is -2.19. The molecule has 1 aliphatic rings.